The number of sulfonamides is 1. The van der Waals surface area contributed by atoms with Gasteiger partial charge in [-0.3, -0.25) is 4.90 Å². The van der Waals surface area contributed by atoms with Crippen molar-refractivity contribution in [3.05, 3.63) is 30.0 Å². The third kappa shape index (κ3) is 7.48. The average Bonchev–Trinajstić information content (AvgIpc) is 3.10. The number of hydrogen-bond acceptors (Lipinski definition) is 6. The minimum Gasteiger partial charge on any atom is -0.493 e. The summed E-state index contributed by atoms with van der Waals surface area (Å²) in [6.45, 7) is 12.5. The molecule has 1 aromatic heterocycles. The van der Waals surface area contributed by atoms with Gasteiger partial charge >= 0.3 is 6.03 Å². The molecule has 31 heavy (non-hydrogen) atoms. The topological polar surface area (TPSA) is 91.8 Å². The van der Waals surface area contributed by atoms with Crippen molar-refractivity contribution in [1.82, 2.24) is 9.29 Å². The van der Waals surface area contributed by atoms with E-state index in [0.717, 1.165) is 21.4 Å². The molecule has 2 aromatic rings. The zero-order valence-electron chi connectivity index (χ0n) is 19.8. The highest BCUT2D eigenvalue weighted by molar-refractivity contribution is 7.91. The minimum atomic E-state index is -3.61. The van der Waals surface area contributed by atoms with Gasteiger partial charge in [-0.25, -0.2) is 22.5 Å². The lowest BCUT2D eigenvalue weighted by Crippen LogP contribution is -2.31. The van der Waals surface area contributed by atoms with E-state index >= 15 is 0 Å². The Balaban J connectivity index is 0.00000233. The molecular weight excluding hydrogens is 436 g/mol. The average molecular weight is 471 g/mol. The Morgan fingerprint density at radius 3 is 2.16 bits per heavy atom. The minimum absolute atomic E-state index is 0.0559. The molecule has 0 aliphatic rings. The van der Waals surface area contributed by atoms with Crippen LogP contribution in [0.1, 0.15) is 40.3 Å². The smallest absolute Gasteiger partial charge is 0.327 e. The number of anilines is 2. The Labute approximate surface area is 190 Å². The highest BCUT2D eigenvalue weighted by Crippen LogP contribution is 2.31. The fraction of sp³-hybridized carbons (Fsp3) is 0.524. The number of nitrogens with one attached hydrogen (secondary N) is 1. The van der Waals surface area contributed by atoms with E-state index in [1.165, 1.54) is 19.0 Å². The summed E-state index contributed by atoms with van der Waals surface area (Å²) < 4.78 is 31.7. The summed E-state index contributed by atoms with van der Waals surface area (Å²) in [6.07, 6.45) is 0. The fourth-order valence-electron chi connectivity index (χ4n) is 2.15. The largest absolute Gasteiger partial charge is 0.493 e. The first-order valence-corrected chi connectivity index (χ1v) is 12.2. The molecule has 0 fully saturated rings. The highest BCUT2D eigenvalue weighted by atomic mass is 32.2. The van der Waals surface area contributed by atoms with Crippen LogP contribution in [0.2, 0.25) is 0 Å². The van der Waals surface area contributed by atoms with Crippen molar-refractivity contribution in [3.63, 3.8) is 0 Å². The van der Waals surface area contributed by atoms with Gasteiger partial charge in [-0.15, -0.1) is 0 Å². The number of ether oxygens (including phenoxy) is 1. The monoisotopic (exact) mass is 470 g/mol. The fourth-order valence-corrected chi connectivity index (χ4v) is 4.75. The number of carbonyl (C=O) groups excluding carboxylic acids is 1. The molecule has 0 unspecified atom stereocenters. The summed E-state index contributed by atoms with van der Waals surface area (Å²) in [4.78, 5) is 18.1. The summed E-state index contributed by atoms with van der Waals surface area (Å²) in [7, 11) is 0.849. The standard InChI is InChI=1S/C19H28N4O4S2.C2H6/c1-13-16(29(25,26)22(5)6)28-18(20-13)23(7)17(24)21-14-8-10-15(11-9-14)27-12-19(2,3)4;1-2/h8-11H,12H2,1-7H3,(H,21,24);1-2H3. The van der Waals surface area contributed by atoms with E-state index < -0.39 is 16.1 Å². The first kappa shape index (κ1) is 26.9. The molecule has 1 aromatic carbocycles. The van der Waals surface area contributed by atoms with Gasteiger partial charge in [-0.2, -0.15) is 0 Å². The first-order valence-electron chi connectivity index (χ1n) is 9.99. The van der Waals surface area contributed by atoms with Gasteiger partial charge in [0.05, 0.1) is 12.3 Å². The quantitative estimate of drug-likeness (QED) is 0.653. The first-order chi connectivity index (χ1) is 14.3. The van der Waals surface area contributed by atoms with Crippen LogP contribution in [0.4, 0.5) is 15.6 Å². The van der Waals surface area contributed by atoms with Crippen molar-refractivity contribution >= 4 is 38.2 Å². The van der Waals surface area contributed by atoms with E-state index in [2.05, 4.69) is 31.1 Å². The third-order valence-electron chi connectivity index (χ3n) is 3.83. The molecule has 2 rings (SSSR count). The van der Waals surface area contributed by atoms with Crippen LogP contribution in [0, 0.1) is 12.3 Å². The van der Waals surface area contributed by atoms with Gasteiger partial charge in [0.15, 0.2) is 9.34 Å². The Morgan fingerprint density at radius 2 is 1.68 bits per heavy atom. The lowest BCUT2D eigenvalue weighted by atomic mass is 9.99. The Kier molecular flexibility index (Phi) is 9.46. The molecule has 0 aliphatic heterocycles. The molecular formula is C21H34N4O4S2. The molecule has 2 amide bonds. The van der Waals surface area contributed by atoms with Gasteiger partial charge in [-0.05, 0) is 36.6 Å². The number of aromatic nitrogens is 1. The molecule has 0 atom stereocenters. The zero-order valence-corrected chi connectivity index (χ0v) is 21.4. The zero-order chi connectivity index (χ0) is 24.0. The number of benzene rings is 1. The summed E-state index contributed by atoms with van der Waals surface area (Å²) in [5, 5.41) is 3.07. The Hall–Kier alpha value is -2.17. The lowest BCUT2D eigenvalue weighted by Gasteiger charge is -2.19. The molecule has 1 heterocycles. The number of thiazole rings is 1. The summed E-state index contributed by atoms with van der Waals surface area (Å²) in [5.74, 6) is 0.723. The molecule has 0 radical (unpaired) electrons. The van der Waals surface area contributed by atoms with Crippen molar-refractivity contribution < 1.29 is 17.9 Å². The second kappa shape index (κ2) is 10.9. The second-order valence-electron chi connectivity index (χ2n) is 8.02. The van der Waals surface area contributed by atoms with Crippen LogP contribution in [0.5, 0.6) is 5.75 Å². The summed E-state index contributed by atoms with van der Waals surface area (Å²) >= 11 is 0.957. The molecule has 0 saturated carbocycles. The number of aryl methyl sites for hydroxylation is 1. The lowest BCUT2D eigenvalue weighted by molar-refractivity contribution is 0.198. The number of rotatable bonds is 6. The van der Waals surface area contributed by atoms with Gasteiger partial charge < -0.3 is 10.1 Å². The van der Waals surface area contributed by atoms with Gasteiger partial charge in [-0.1, -0.05) is 46.0 Å². The summed E-state index contributed by atoms with van der Waals surface area (Å²) in [5.41, 5.74) is 1.01. The van der Waals surface area contributed by atoms with Crippen LogP contribution in [-0.2, 0) is 10.0 Å². The molecule has 0 spiro atoms. The second-order valence-corrected chi connectivity index (χ2v) is 11.3. The van der Waals surface area contributed by atoms with E-state index in [1.54, 1.807) is 38.2 Å². The van der Waals surface area contributed by atoms with Crippen LogP contribution in [-0.4, -0.2) is 51.5 Å². The molecule has 0 aliphatic carbocycles. The van der Waals surface area contributed by atoms with Crippen LogP contribution < -0.4 is 15.0 Å². The number of carbonyl (C=O) groups is 1. The number of urea groups is 1. The predicted octanol–water partition coefficient (Wildman–Crippen LogP) is 4.82. The molecule has 8 nitrogen and oxygen atoms in total. The van der Waals surface area contributed by atoms with Crippen LogP contribution in [0.3, 0.4) is 0 Å². The van der Waals surface area contributed by atoms with Gasteiger partial charge in [0, 0.05) is 26.8 Å². The van der Waals surface area contributed by atoms with Crippen LogP contribution >= 0.6 is 11.3 Å². The molecule has 1 N–H and O–H groups in total. The van der Waals surface area contributed by atoms with Crippen molar-refractivity contribution in [3.8, 4) is 5.75 Å². The van der Waals surface area contributed by atoms with Gasteiger partial charge in [0.1, 0.15) is 5.75 Å². The maximum absolute atomic E-state index is 12.5. The third-order valence-corrected chi connectivity index (χ3v) is 7.46. The number of nitrogens with zero attached hydrogens (tertiary/aromatic N) is 3. The van der Waals surface area contributed by atoms with Crippen molar-refractivity contribution in [2.45, 2.75) is 45.8 Å². The van der Waals surface area contributed by atoms with Crippen LogP contribution in [0.25, 0.3) is 0 Å². The Morgan fingerprint density at radius 1 is 1.13 bits per heavy atom. The molecule has 174 valence electrons. The van der Waals surface area contributed by atoms with Crippen molar-refractivity contribution in [2.75, 3.05) is 38.0 Å². The van der Waals surface area contributed by atoms with E-state index in [-0.39, 0.29) is 9.62 Å². The number of hydrogen-bond donors (Lipinski definition) is 1. The predicted molar refractivity (Wildman–Crippen MR) is 128 cm³/mol. The van der Waals surface area contributed by atoms with E-state index in [9.17, 15) is 13.2 Å². The van der Waals surface area contributed by atoms with E-state index in [0.29, 0.717) is 23.1 Å². The number of amides is 2. The van der Waals surface area contributed by atoms with E-state index in [1.807, 2.05) is 13.8 Å². The highest BCUT2D eigenvalue weighted by Gasteiger charge is 2.26. The van der Waals surface area contributed by atoms with Crippen LogP contribution in [0.15, 0.2) is 28.5 Å². The maximum Gasteiger partial charge on any atom is 0.327 e. The summed E-state index contributed by atoms with van der Waals surface area (Å²) in [6, 6.07) is 6.65. The normalized spacial score (nSPS) is 11.5. The Bertz CT molecular complexity index is 962. The maximum atomic E-state index is 12.5. The van der Waals surface area contributed by atoms with Crippen molar-refractivity contribution in [2.24, 2.45) is 5.41 Å². The van der Waals surface area contributed by atoms with Gasteiger partial charge in [0.25, 0.3) is 10.0 Å². The SMILES string of the molecule is CC.Cc1nc(N(C)C(=O)Nc2ccc(OCC(C)(C)C)cc2)sc1S(=O)(=O)N(C)C. The molecule has 0 saturated heterocycles. The van der Waals surface area contributed by atoms with E-state index in [4.69, 9.17) is 4.74 Å². The molecule has 10 heteroatoms. The van der Waals surface area contributed by atoms with Gasteiger partial charge in [0.2, 0.25) is 0 Å². The van der Waals surface area contributed by atoms with Crippen molar-refractivity contribution in [1.29, 1.82) is 0 Å². The molecule has 0 bridgehead atoms.